The first kappa shape index (κ1) is 17.7. The van der Waals surface area contributed by atoms with E-state index in [4.69, 9.17) is 0 Å². The second kappa shape index (κ2) is 7.39. The Morgan fingerprint density at radius 2 is 1.92 bits per heavy atom. The average molecular weight is 350 g/mol. The predicted octanol–water partition coefficient (Wildman–Crippen LogP) is 2.85. The zero-order valence-electron chi connectivity index (χ0n) is 15.1. The third-order valence-corrected chi connectivity index (χ3v) is 4.26. The smallest absolute Gasteiger partial charge is 0.261 e. The first-order chi connectivity index (χ1) is 12.5. The van der Waals surface area contributed by atoms with Gasteiger partial charge in [0.1, 0.15) is 5.56 Å². The highest BCUT2D eigenvalue weighted by atomic mass is 16.2. The Morgan fingerprint density at radius 1 is 1.19 bits per heavy atom. The van der Waals surface area contributed by atoms with Gasteiger partial charge in [0, 0.05) is 17.9 Å². The first-order valence-corrected chi connectivity index (χ1v) is 8.55. The first-order valence-electron chi connectivity index (χ1n) is 8.55. The van der Waals surface area contributed by atoms with Gasteiger partial charge in [0.05, 0.1) is 11.7 Å². The molecule has 1 atom stereocenters. The van der Waals surface area contributed by atoms with Crippen molar-refractivity contribution in [2.24, 2.45) is 0 Å². The van der Waals surface area contributed by atoms with E-state index in [-0.39, 0.29) is 17.5 Å². The molecule has 1 amide bonds. The van der Waals surface area contributed by atoms with E-state index in [0.29, 0.717) is 12.2 Å². The number of benzene rings is 1. The second-order valence-corrected chi connectivity index (χ2v) is 6.41. The molecule has 0 spiro atoms. The molecule has 3 aromatic rings. The molecule has 0 bridgehead atoms. The lowest BCUT2D eigenvalue weighted by Gasteiger charge is -2.15. The Kier molecular flexibility index (Phi) is 5.02. The van der Waals surface area contributed by atoms with Crippen molar-refractivity contribution in [3.8, 4) is 11.3 Å². The minimum Gasteiger partial charge on any atom is -0.350 e. The number of aromatic nitrogens is 3. The number of aromatic amines is 1. The van der Waals surface area contributed by atoms with Gasteiger partial charge >= 0.3 is 0 Å². The van der Waals surface area contributed by atoms with E-state index in [2.05, 4.69) is 15.4 Å². The van der Waals surface area contributed by atoms with Crippen LogP contribution in [0.25, 0.3) is 11.3 Å². The molecule has 0 saturated carbocycles. The van der Waals surface area contributed by atoms with Crippen LogP contribution in [-0.4, -0.2) is 27.2 Å². The van der Waals surface area contributed by atoms with E-state index in [1.54, 1.807) is 12.1 Å². The highest BCUT2D eigenvalue weighted by molar-refractivity contribution is 5.94. The number of aryl methyl sites for hydroxylation is 2. The van der Waals surface area contributed by atoms with Gasteiger partial charge in [-0.2, -0.15) is 5.10 Å². The van der Waals surface area contributed by atoms with Crippen LogP contribution in [0.1, 0.15) is 34.7 Å². The number of hydrogen-bond donors (Lipinski definition) is 2. The summed E-state index contributed by atoms with van der Waals surface area (Å²) in [4.78, 5) is 27.4. The molecule has 0 radical (unpaired) electrons. The van der Waals surface area contributed by atoms with Crippen LogP contribution in [0, 0.1) is 13.8 Å². The summed E-state index contributed by atoms with van der Waals surface area (Å²) in [5.41, 5.74) is 3.26. The van der Waals surface area contributed by atoms with Crippen LogP contribution in [0.3, 0.4) is 0 Å². The zero-order valence-corrected chi connectivity index (χ0v) is 15.1. The van der Waals surface area contributed by atoms with Gasteiger partial charge in [-0.3, -0.25) is 14.3 Å². The molecule has 2 N–H and O–H groups in total. The Labute approximate surface area is 151 Å². The molecule has 0 aliphatic rings. The molecular weight excluding hydrogens is 328 g/mol. The molecule has 0 aliphatic heterocycles. The monoisotopic (exact) mass is 350 g/mol. The molecular formula is C20H22N4O2. The SMILES string of the molecule is Cc1cc(C)n([C@H](C)CNC(=O)c2ccc(-c3ccccc3)[nH]c2=O)n1. The van der Waals surface area contributed by atoms with Crippen LogP contribution < -0.4 is 10.9 Å². The summed E-state index contributed by atoms with van der Waals surface area (Å²) in [6, 6.07) is 14.8. The minimum atomic E-state index is -0.400. The summed E-state index contributed by atoms with van der Waals surface area (Å²) in [7, 11) is 0. The van der Waals surface area contributed by atoms with Crippen molar-refractivity contribution in [3.05, 3.63) is 75.8 Å². The Morgan fingerprint density at radius 3 is 2.54 bits per heavy atom. The maximum absolute atomic E-state index is 12.4. The number of carbonyl (C=O) groups is 1. The summed E-state index contributed by atoms with van der Waals surface area (Å²) in [5.74, 6) is -0.390. The topological polar surface area (TPSA) is 79.8 Å². The van der Waals surface area contributed by atoms with Gasteiger partial charge in [-0.15, -0.1) is 0 Å². The van der Waals surface area contributed by atoms with Crippen molar-refractivity contribution in [1.29, 1.82) is 0 Å². The number of nitrogens with zero attached hydrogens (tertiary/aromatic N) is 2. The second-order valence-electron chi connectivity index (χ2n) is 6.41. The van der Waals surface area contributed by atoms with Gasteiger partial charge < -0.3 is 10.3 Å². The van der Waals surface area contributed by atoms with E-state index < -0.39 is 5.56 Å². The van der Waals surface area contributed by atoms with Gasteiger partial charge in [-0.05, 0) is 44.5 Å². The maximum atomic E-state index is 12.4. The van der Waals surface area contributed by atoms with Gasteiger partial charge in [-0.1, -0.05) is 30.3 Å². The summed E-state index contributed by atoms with van der Waals surface area (Å²) < 4.78 is 1.87. The van der Waals surface area contributed by atoms with E-state index in [9.17, 15) is 9.59 Å². The third kappa shape index (κ3) is 3.74. The standard InChI is InChI=1S/C20H22N4O2/c1-13-11-14(2)24(23-13)15(3)12-21-19(25)17-9-10-18(22-20(17)26)16-7-5-4-6-8-16/h4-11,15H,12H2,1-3H3,(H,21,25)(H,22,26)/t15-/m1/s1. The third-order valence-electron chi connectivity index (χ3n) is 4.26. The van der Waals surface area contributed by atoms with Crippen LogP contribution in [0.5, 0.6) is 0 Å². The van der Waals surface area contributed by atoms with Crippen LogP contribution in [0.4, 0.5) is 0 Å². The number of hydrogen-bond acceptors (Lipinski definition) is 3. The van der Waals surface area contributed by atoms with Crippen LogP contribution in [0.2, 0.25) is 0 Å². The lowest BCUT2D eigenvalue weighted by molar-refractivity contribution is 0.0946. The van der Waals surface area contributed by atoms with Gasteiger partial charge in [0.25, 0.3) is 11.5 Å². The fourth-order valence-electron chi connectivity index (χ4n) is 2.95. The molecule has 3 rings (SSSR count). The molecule has 2 heterocycles. The summed E-state index contributed by atoms with van der Waals surface area (Å²) in [5, 5.41) is 7.24. The van der Waals surface area contributed by atoms with Gasteiger partial charge in [0.15, 0.2) is 0 Å². The number of nitrogens with one attached hydrogen (secondary N) is 2. The molecule has 26 heavy (non-hydrogen) atoms. The van der Waals surface area contributed by atoms with Crippen molar-refractivity contribution in [3.63, 3.8) is 0 Å². The predicted molar refractivity (Wildman–Crippen MR) is 101 cm³/mol. The van der Waals surface area contributed by atoms with Crippen LogP contribution in [-0.2, 0) is 0 Å². The maximum Gasteiger partial charge on any atom is 0.261 e. The average Bonchev–Trinajstić information content (AvgIpc) is 2.98. The summed E-state index contributed by atoms with van der Waals surface area (Å²) in [6.07, 6.45) is 0. The zero-order chi connectivity index (χ0) is 18.7. The van der Waals surface area contributed by atoms with Crippen molar-refractivity contribution >= 4 is 5.91 Å². The molecule has 6 heteroatoms. The van der Waals surface area contributed by atoms with E-state index in [1.807, 2.05) is 61.9 Å². The molecule has 0 saturated heterocycles. The number of H-pyrrole nitrogens is 1. The summed E-state index contributed by atoms with van der Waals surface area (Å²) >= 11 is 0. The van der Waals surface area contributed by atoms with E-state index in [0.717, 1.165) is 17.0 Å². The highest BCUT2D eigenvalue weighted by Gasteiger charge is 2.14. The number of amides is 1. The quantitative estimate of drug-likeness (QED) is 0.742. The van der Waals surface area contributed by atoms with Crippen molar-refractivity contribution in [2.45, 2.75) is 26.8 Å². The highest BCUT2D eigenvalue weighted by Crippen LogP contribution is 2.15. The normalized spacial score (nSPS) is 12.0. The fraction of sp³-hybridized carbons (Fsp3) is 0.250. The Bertz CT molecular complexity index is 973. The number of carbonyl (C=O) groups excluding carboxylic acids is 1. The van der Waals surface area contributed by atoms with Crippen LogP contribution >= 0.6 is 0 Å². The van der Waals surface area contributed by atoms with Crippen LogP contribution in [0.15, 0.2) is 53.3 Å². The van der Waals surface area contributed by atoms with Gasteiger partial charge in [-0.25, -0.2) is 0 Å². The fourth-order valence-corrected chi connectivity index (χ4v) is 2.95. The van der Waals surface area contributed by atoms with Crippen molar-refractivity contribution in [1.82, 2.24) is 20.1 Å². The largest absolute Gasteiger partial charge is 0.350 e. The van der Waals surface area contributed by atoms with E-state index in [1.165, 1.54) is 0 Å². The molecule has 0 aliphatic carbocycles. The van der Waals surface area contributed by atoms with Gasteiger partial charge in [0.2, 0.25) is 0 Å². The summed E-state index contributed by atoms with van der Waals surface area (Å²) in [6.45, 7) is 6.27. The molecule has 0 unspecified atom stereocenters. The number of rotatable bonds is 5. The molecule has 134 valence electrons. The Balaban J connectivity index is 1.70. The number of pyridine rings is 1. The molecule has 1 aromatic carbocycles. The Hall–Kier alpha value is -3.15. The molecule has 0 fully saturated rings. The van der Waals surface area contributed by atoms with Crippen molar-refractivity contribution < 1.29 is 4.79 Å². The molecule has 2 aromatic heterocycles. The van der Waals surface area contributed by atoms with E-state index >= 15 is 0 Å². The lowest BCUT2D eigenvalue weighted by atomic mass is 10.1. The molecule has 6 nitrogen and oxygen atoms in total. The minimum absolute atomic E-state index is 0.00433. The van der Waals surface area contributed by atoms with Crippen molar-refractivity contribution in [2.75, 3.05) is 6.54 Å². The lowest BCUT2D eigenvalue weighted by Crippen LogP contribution is -2.33.